The number of rotatable bonds is 3. The van der Waals surface area contributed by atoms with E-state index in [0.29, 0.717) is 6.42 Å². The molecule has 0 aliphatic heterocycles. The Labute approximate surface area is 81.7 Å². The van der Waals surface area contributed by atoms with E-state index < -0.39 is 11.2 Å². The van der Waals surface area contributed by atoms with Gasteiger partial charge in [0.05, 0.1) is 6.07 Å². The summed E-state index contributed by atoms with van der Waals surface area (Å²) in [6.07, 6.45) is 0.389. The van der Waals surface area contributed by atoms with E-state index >= 15 is 0 Å². The Morgan fingerprint density at radius 2 is 2.08 bits per heavy atom. The Balaban J connectivity index is 2.69. The average Bonchev–Trinajstić information content (AvgIpc) is 2.15. The fourth-order valence-corrected chi connectivity index (χ4v) is 1.15. The molecule has 0 heterocycles. The first-order chi connectivity index (χ1) is 6.24. The largest absolute Gasteiger partial charge is 0.280 e. The first kappa shape index (κ1) is 9.76. The van der Waals surface area contributed by atoms with Gasteiger partial charge in [-0.25, -0.2) is 0 Å². The first-order valence-electron chi connectivity index (χ1n) is 3.87. The summed E-state index contributed by atoms with van der Waals surface area (Å²) in [5.41, 5.74) is 0.947. The third kappa shape index (κ3) is 2.89. The number of hydrogen-bond donors (Lipinski definition) is 0. The van der Waals surface area contributed by atoms with Crippen molar-refractivity contribution in [3.8, 4) is 6.07 Å². The molecule has 0 bridgehead atoms. The minimum Gasteiger partial charge on any atom is -0.280 e. The number of benzene rings is 1. The van der Waals surface area contributed by atoms with Crippen molar-refractivity contribution in [3.05, 3.63) is 35.9 Å². The highest BCUT2D eigenvalue weighted by Crippen LogP contribution is 2.10. The van der Waals surface area contributed by atoms with Gasteiger partial charge in [-0.3, -0.25) is 4.79 Å². The summed E-state index contributed by atoms with van der Waals surface area (Å²) >= 11 is 5.23. The van der Waals surface area contributed by atoms with E-state index in [-0.39, 0.29) is 0 Å². The fraction of sp³-hybridized carbons (Fsp3) is 0.200. The minimum absolute atomic E-state index is 0.389. The van der Waals surface area contributed by atoms with Crippen LogP contribution < -0.4 is 0 Å². The molecule has 0 aromatic heterocycles. The molecule has 1 unspecified atom stereocenters. The van der Waals surface area contributed by atoms with Gasteiger partial charge in [-0.1, -0.05) is 30.3 Å². The second kappa shape index (κ2) is 4.64. The van der Waals surface area contributed by atoms with Crippen LogP contribution in [0.5, 0.6) is 0 Å². The van der Waals surface area contributed by atoms with Crippen LogP contribution in [0.3, 0.4) is 0 Å². The summed E-state index contributed by atoms with van der Waals surface area (Å²) in [5, 5.41) is 8.01. The van der Waals surface area contributed by atoms with Crippen molar-refractivity contribution in [3.63, 3.8) is 0 Å². The van der Waals surface area contributed by atoms with Crippen molar-refractivity contribution in [1.82, 2.24) is 0 Å². The van der Waals surface area contributed by atoms with Gasteiger partial charge >= 0.3 is 0 Å². The molecule has 13 heavy (non-hydrogen) atoms. The van der Waals surface area contributed by atoms with Crippen molar-refractivity contribution >= 4 is 16.8 Å². The summed E-state index contributed by atoms with van der Waals surface area (Å²) in [4.78, 5) is 10.7. The highest BCUT2D eigenvalue weighted by molar-refractivity contribution is 6.64. The molecule has 0 N–H and O–H groups in total. The van der Waals surface area contributed by atoms with Crippen molar-refractivity contribution in [2.75, 3.05) is 0 Å². The predicted octanol–water partition coefficient (Wildman–Crippen LogP) is 2.13. The Morgan fingerprint density at radius 1 is 1.46 bits per heavy atom. The van der Waals surface area contributed by atoms with E-state index in [1.165, 1.54) is 0 Å². The Kier molecular flexibility index (Phi) is 3.48. The van der Waals surface area contributed by atoms with Crippen molar-refractivity contribution in [2.24, 2.45) is 5.92 Å². The molecule has 0 spiro atoms. The van der Waals surface area contributed by atoms with Gasteiger partial charge in [0, 0.05) is 0 Å². The zero-order valence-corrected chi connectivity index (χ0v) is 7.66. The summed E-state index contributed by atoms with van der Waals surface area (Å²) in [5.74, 6) is -0.732. The lowest BCUT2D eigenvalue weighted by Crippen LogP contribution is -2.09. The van der Waals surface area contributed by atoms with Crippen molar-refractivity contribution in [2.45, 2.75) is 6.42 Å². The molecule has 1 aromatic carbocycles. The van der Waals surface area contributed by atoms with E-state index in [2.05, 4.69) is 0 Å². The van der Waals surface area contributed by atoms with Gasteiger partial charge in [-0.05, 0) is 23.6 Å². The van der Waals surface area contributed by atoms with Gasteiger partial charge in [0.2, 0.25) is 5.24 Å². The maximum absolute atomic E-state index is 10.7. The maximum Gasteiger partial charge on any atom is 0.239 e. The van der Waals surface area contributed by atoms with Crippen LogP contribution >= 0.6 is 11.6 Å². The highest BCUT2D eigenvalue weighted by Gasteiger charge is 2.15. The Hall–Kier alpha value is -1.33. The topological polar surface area (TPSA) is 40.9 Å². The van der Waals surface area contributed by atoms with E-state index in [4.69, 9.17) is 16.9 Å². The lowest BCUT2D eigenvalue weighted by molar-refractivity contribution is -0.113. The highest BCUT2D eigenvalue weighted by atomic mass is 35.5. The maximum atomic E-state index is 10.7. The van der Waals surface area contributed by atoms with Crippen molar-refractivity contribution in [1.29, 1.82) is 5.26 Å². The standard InChI is InChI=1S/C10H8ClNO/c11-10(13)9(7-12)6-8-4-2-1-3-5-8/h1-5,9H,6H2. The molecule has 1 rings (SSSR count). The number of halogens is 1. The number of carbonyl (C=O) groups is 1. The molecule has 0 amide bonds. The number of nitriles is 1. The second-order valence-electron chi connectivity index (χ2n) is 2.68. The Bertz CT molecular complexity index is 329. The normalized spacial score (nSPS) is 11.7. The van der Waals surface area contributed by atoms with E-state index in [0.717, 1.165) is 5.56 Å². The number of hydrogen-bond acceptors (Lipinski definition) is 2. The van der Waals surface area contributed by atoms with E-state index in [1.807, 2.05) is 36.4 Å². The van der Waals surface area contributed by atoms with Gasteiger partial charge in [0.1, 0.15) is 5.92 Å². The van der Waals surface area contributed by atoms with Gasteiger partial charge < -0.3 is 0 Å². The van der Waals surface area contributed by atoms with Crippen LogP contribution in [0.4, 0.5) is 0 Å². The molecule has 2 nitrogen and oxygen atoms in total. The molecular weight excluding hydrogens is 186 g/mol. The van der Waals surface area contributed by atoms with Gasteiger partial charge in [-0.15, -0.1) is 0 Å². The second-order valence-corrected chi connectivity index (χ2v) is 3.05. The lowest BCUT2D eigenvalue weighted by atomic mass is 10.0. The molecule has 1 atom stereocenters. The summed E-state index contributed by atoms with van der Waals surface area (Å²) in [7, 11) is 0. The van der Waals surface area contributed by atoms with Crippen molar-refractivity contribution < 1.29 is 4.79 Å². The number of carbonyl (C=O) groups excluding carboxylic acids is 1. The smallest absolute Gasteiger partial charge is 0.239 e. The molecule has 1 aromatic rings. The van der Waals surface area contributed by atoms with Crippen LogP contribution in [0.25, 0.3) is 0 Å². The fourth-order valence-electron chi connectivity index (χ4n) is 1.03. The van der Waals surface area contributed by atoms with Crippen LogP contribution in [0, 0.1) is 17.2 Å². The summed E-state index contributed by atoms with van der Waals surface area (Å²) in [6.45, 7) is 0. The van der Waals surface area contributed by atoms with Crippen LogP contribution in [0.1, 0.15) is 5.56 Å². The summed E-state index contributed by atoms with van der Waals surface area (Å²) in [6, 6.07) is 11.2. The van der Waals surface area contributed by atoms with Crippen LogP contribution in [-0.2, 0) is 11.2 Å². The molecule has 0 fully saturated rings. The average molecular weight is 194 g/mol. The molecule has 3 heteroatoms. The SMILES string of the molecule is N#CC(Cc1ccccc1)C(=O)Cl. The Morgan fingerprint density at radius 3 is 2.54 bits per heavy atom. The third-order valence-corrected chi connectivity index (χ3v) is 1.98. The molecule has 0 saturated heterocycles. The van der Waals surface area contributed by atoms with E-state index in [9.17, 15) is 4.79 Å². The molecule has 0 saturated carbocycles. The monoisotopic (exact) mass is 193 g/mol. The lowest BCUT2D eigenvalue weighted by Gasteiger charge is -2.02. The molecule has 0 aliphatic carbocycles. The van der Waals surface area contributed by atoms with Crippen LogP contribution in [0.2, 0.25) is 0 Å². The third-order valence-electron chi connectivity index (χ3n) is 1.71. The first-order valence-corrected chi connectivity index (χ1v) is 4.24. The van der Waals surface area contributed by atoms with Gasteiger partial charge in [0.25, 0.3) is 0 Å². The zero-order valence-electron chi connectivity index (χ0n) is 6.90. The molecule has 66 valence electrons. The van der Waals surface area contributed by atoms with Crippen LogP contribution in [-0.4, -0.2) is 5.24 Å². The van der Waals surface area contributed by atoms with Crippen LogP contribution in [0.15, 0.2) is 30.3 Å². The molecule has 0 aliphatic rings. The van der Waals surface area contributed by atoms with E-state index in [1.54, 1.807) is 0 Å². The predicted molar refractivity (Wildman–Crippen MR) is 50.1 cm³/mol. The quantitative estimate of drug-likeness (QED) is 0.690. The summed E-state index contributed by atoms with van der Waals surface area (Å²) < 4.78 is 0. The van der Waals surface area contributed by atoms with Gasteiger partial charge in [0.15, 0.2) is 0 Å². The molecule has 0 radical (unpaired) electrons. The van der Waals surface area contributed by atoms with Gasteiger partial charge in [-0.2, -0.15) is 5.26 Å². The number of nitrogens with zero attached hydrogens (tertiary/aromatic N) is 1. The zero-order chi connectivity index (χ0) is 9.68. The molecular formula is C10H8ClNO. The minimum atomic E-state index is -0.732.